The van der Waals surface area contributed by atoms with Crippen molar-refractivity contribution in [2.45, 2.75) is 63.8 Å². The van der Waals surface area contributed by atoms with Crippen LogP contribution >= 0.6 is 0 Å². The zero-order valence-electron chi connectivity index (χ0n) is 15.8. The van der Waals surface area contributed by atoms with Crippen LogP contribution in [0.3, 0.4) is 0 Å². The molecule has 2 aliphatic rings. The van der Waals surface area contributed by atoms with Crippen LogP contribution in [0.25, 0.3) is 0 Å². The molecule has 1 aliphatic carbocycles. The molecule has 0 aromatic carbocycles. The van der Waals surface area contributed by atoms with Gasteiger partial charge in [0.15, 0.2) is 5.82 Å². The maximum absolute atomic E-state index is 13.2. The highest BCUT2D eigenvalue weighted by molar-refractivity contribution is 5.77. The molecule has 0 spiro atoms. The number of alkyl halides is 2. The van der Waals surface area contributed by atoms with E-state index in [4.69, 9.17) is 10.5 Å². The van der Waals surface area contributed by atoms with E-state index >= 15 is 0 Å². The summed E-state index contributed by atoms with van der Waals surface area (Å²) < 4.78 is 31.8. The van der Waals surface area contributed by atoms with Crippen molar-refractivity contribution in [3.63, 3.8) is 0 Å². The Labute approximate surface area is 158 Å². The summed E-state index contributed by atoms with van der Waals surface area (Å²) in [6.07, 6.45) is 2.26. The Morgan fingerprint density at radius 2 is 1.93 bits per heavy atom. The molecule has 0 bridgehead atoms. The highest BCUT2D eigenvalue weighted by Gasteiger charge is 2.42. The molecule has 6 nitrogen and oxygen atoms in total. The first-order valence-electron chi connectivity index (χ1n) is 9.61. The fourth-order valence-electron chi connectivity index (χ4n) is 4.21. The van der Waals surface area contributed by atoms with E-state index in [1.165, 1.54) is 6.07 Å². The molecule has 1 saturated carbocycles. The summed E-state index contributed by atoms with van der Waals surface area (Å²) in [5.74, 6) is 0.186. The zero-order chi connectivity index (χ0) is 19.5. The van der Waals surface area contributed by atoms with Gasteiger partial charge in [-0.15, -0.1) is 0 Å². The molecule has 3 rings (SSSR count). The lowest BCUT2D eigenvalue weighted by atomic mass is 9.77. The number of ether oxygens (including phenoxy) is 1. The summed E-state index contributed by atoms with van der Waals surface area (Å²) in [5.41, 5.74) is 5.13. The maximum atomic E-state index is 13.2. The number of halogens is 2. The minimum Gasteiger partial charge on any atom is -0.381 e. The number of hydrogen-bond donors (Lipinski definition) is 2. The number of nitrogens with two attached hydrogens (primary N) is 1. The first kappa shape index (κ1) is 20.1. The molecule has 1 saturated heterocycles. The molecule has 8 heteroatoms. The number of carbonyl (C=O) groups excluding carboxylic acids is 1. The number of nitrogens with zero attached hydrogens (tertiary/aromatic N) is 2. The summed E-state index contributed by atoms with van der Waals surface area (Å²) >= 11 is 0. The van der Waals surface area contributed by atoms with Crippen molar-refractivity contribution in [1.82, 2.24) is 15.3 Å². The Hall–Kier alpha value is -1.67. The topological polar surface area (TPSA) is 90.1 Å². The second kappa shape index (κ2) is 8.14. The van der Waals surface area contributed by atoms with Crippen LogP contribution in [0.5, 0.6) is 0 Å². The minimum atomic E-state index is -2.66. The van der Waals surface area contributed by atoms with Gasteiger partial charge in [-0.1, -0.05) is 12.8 Å². The molecule has 1 aliphatic heterocycles. The molecule has 2 fully saturated rings. The van der Waals surface area contributed by atoms with Crippen LogP contribution in [0.1, 0.15) is 68.6 Å². The van der Waals surface area contributed by atoms with Gasteiger partial charge in [0.25, 0.3) is 6.43 Å². The average Bonchev–Trinajstić information content (AvgIpc) is 3.11. The standard InChI is InChI=1S/C19H28F2N4O2/c1-13-10-14(16(20)21)24-17(23-13)19(4-2-3-5-19)25-15(26)11-18(12-22)6-8-27-9-7-18/h10,16H,2-9,11-12,22H2,1H3,(H,25,26). The summed E-state index contributed by atoms with van der Waals surface area (Å²) in [6, 6.07) is 1.30. The Bertz CT molecular complexity index is 672. The van der Waals surface area contributed by atoms with Gasteiger partial charge in [0.2, 0.25) is 5.91 Å². The Morgan fingerprint density at radius 3 is 2.52 bits per heavy atom. The monoisotopic (exact) mass is 382 g/mol. The van der Waals surface area contributed by atoms with E-state index in [1.54, 1.807) is 6.92 Å². The van der Waals surface area contributed by atoms with Crippen LogP contribution in [0.15, 0.2) is 6.07 Å². The van der Waals surface area contributed by atoms with Crippen LogP contribution in [-0.4, -0.2) is 35.6 Å². The van der Waals surface area contributed by atoms with Gasteiger partial charge in [0.05, 0.1) is 5.54 Å². The van der Waals surface area contributed by atoms with Gasteiger partial charge < -0.3 is 15.8 Å². The predicted molar refractivity (Wildman–Crippen MR) is 96.2 cm³/mol. The van der Waals surface area contributed by atoms with Crippen LogP contribution in [0, 0.1) is 12.3 Å². The molecule has 0 atom stereocenters. The lowest BCUT2D eigenvalue weighted by molar-refractivity contribution is -0.127. The molecule has 2 heterocycles. The fourth-order valence-corrected chi connectivity index (χ4v) is 4.21. The van der Waals surface area contributed by atoms with E-state index in [-0.39, 0.29) is 17.0 Å². The smallest absolute Gasteiger partial charge is 0.280 e. The zero-order valence-corrected chi connectivity index (χ0v) is 15.8. The van der Waals surface area contributed by atoms with Crippen molar-refractivity contribution in [2.24, 2.45) is 11.1 Å². The van der Waals surface area contributed by atoms with E-state index in [1.807, 2.05) is 0 Å². The van der Waals surface area contributed by atoms with Crippen molar-refractivity contribution in [2.75, 3.05) is 19.8 Å². The third-order valence-electron chi connectivity index (χ3n) is 5.88. The van der Waals surface area contributed by atoms with Gasteiger partial charge in [0.1, 0.15) is 5.69 Å². The second-order valence-corrected chi connectivity index (χ2v) is 7.89. The van der Waals surface area contributed by atoms with E-state index in [9.17, 15) is 13.6 Å². The Kier molecular flexibility index (Phi) is 6.05. The number of rotatable bonds is 6. The number of aromatic nitrogens is 2. The molecule has 0 radical (unpaired) electrons. The highest BCUT2D eigenvalue weighted by atomic mass is 19.3. The molecule has 1 aromatic rings. The normalized spacial score (nSPS) is 21.4. The molecule has 27 heavy (non-hydrogen) atoms. The predicted octanol–water partition coefficient (Wildman–Crippen LogP) is 2.75. The van der Waals surface area contributed by atoms with Crippen molar-refractivity contribution in [1.29, 1.82) is 0 Å². The molecule has 1 aromatic heterocycles. The van der Waals surface area contributed by atoms with Crippen LogP contribution in [0.2, 0.25) is 0 Å². The molecule has 1 amide bonds. The highest BCUT2D eigenvalue weighted by Crippen LogP contribution is 2.39. The van der Waals surface area contributed by atoms with Crippen molar-refractivity contribution in [3.8, 4) is 0 Å². The van der Waals surface area contributed by atoms with Crippen molar-refractivity contribution >= 4 is 5.91 Å². The third-order valence-corrected chi connectivity index (χ3v) is 5.88. The quantitative estimate of drug-likeness (QED) is 0.790. The molecule has 0 unspecified atom stereocenters. The van der Waals surface area contributed by atoms with Crippen molar-refractivity contribution in [3.05, 3.63) is 23.3 Å². The Balaban J connectivity index is 1.82. The van der Waals surface area contributed by atoms with Gasteiger partial charge in [-0.25, -0.2) is 18.7 Å². The largest absolute Gasteiger partial charge is 0.381 e. The van der Waals surface area contributed by atoms with Crippen LogP contribution in [-0.2, 0) is 15.1 Å². The van der Waals surface area contributed by atoms with E-state index < -0.39 is 12.0 Å². The molecule has 3 N–H and O–H groups in total. The number of aryl methyl sites for hydroxylation is 1. The summed E-state index contributed by atoms with van der Waals surface area (Å²) in [7, 11) is 0. The van der Waals surface area contributed by atoms with Gasteiger partial charge in [-0.3, -0.25) is 4.79 Å². The van der Waals surface area contributed by atoms with Crippen LogP contribution < -0.4 is 11.1 Å². The van der Waals surface area contributed by atoms with E-state index in [0.717, 1.165) is 25.7 Å². The third kappa shape index (κ3) is 4.43. The maximum Gasteiger partial charge on any atom is 0.280 e. The van der Waals surface area contributed by atoms with E-state index in [2.05, 4.69) is 15.3 Å². The molecular weight excluding hydrogens is 354 g/mol. The second-order valence-electron chi connectivity index (χ2n) is 7.89. The molecule has 150 valence electrons. The molecular formula is C19H28F2N4O2. The lowest BCUT2D eigenvalue weighted by Gasteiger charge is -2.37. The Morgan fingerprint density at radius 1 is 1.26 bits per heavy atom. The summed E-state index contributed by atoms with van der Waals surface area (Å²) in [5, 5.41) is 3.10. The lowest BCUT2D eigenvalue weighted by Crippen LogP contribution is -2.48. The fraction of sp³-hybridized carbons (Fsp3) is 0.737. The van der Waals surface area contributed by atoms with Gasteiger partial charge in [-0.05, 0) is 50.6 Å². The first-order valence-corrected chi connectivity index (χ1v) is 9.61. The first-order chi connectivity index (χ1) is 12.9. The summed E-state index contributed by atoms with van der Waals surface area (Å²) in [6.45, 7) is 3.31. The number of hydrogen-bond acceptors (Lipinski definition) is 5. The minimum absolute atomic E-state index is 0.118. The van der Waals surface area contributed by atoms with Crippen molar-refractivity contribution < 1.29 is 18.3 Å². The average molecular weight is 382 g/mol. The number of amides is 1. The van der Waals surface area contributed by atoms with Gasteiger partial charge in [0, 0.05) is 25.3 Å². The number of nitrogens with one attached hydrogen (secondary N) is 1. The van der Waals surface area contributed by atoms with Gasteiger partial charge >= 0.3 is 0 Å². The SMILES string of the molecule is Cc1cc(C(F)F)nc(C2(NC(=O)CC3(CN)CCOCC3)CCCC2)n1. The van der Waals surface area contributed by atoms with Gasteiger partial charge in [-0.2, -0.15) is 0 Å². The van der Waals surface area contributed by atoms with E-state index in [0.29, 0.717) is 50.5 Å². The van der Waals surface area contributed by atoms with Crippen LogP contribution in [0.4, 0.5) is 8.78 Å². The number of carbonyl (C=O) groups is 1. The summed E-state index contributed by atoms with van der Waals surface area (Å²) in [4.78, 5) is 21.4.